The van der Waals surface area contributed by atoms with Gasteiger partial charge in [0.25, 0.3) is 0 Å². The first kappa shape index (κ1) is 9.56. The molecular formula is C11H19N3. The van der Waals surface area contributed by atoms with Crippen LogP contribution in [0.15, 0.2) is 6.07 Å². The summed E-state index contributed by atoms with van der Waals surface area (Å²) in [6.45, 7) is 9.96. The third kappa shape index (κ3) is 1.51. The lowest BCUT2D eigenvalue weighted by Crippen LogP contribution is -2.32. The van der Waals surface area contributed by atoms with Crippen LogP contribution in [0.1, 0.15) is 38.9 Å². The van der Waals surface area contributed by atoms with Crippen LogP contribution in [0.3, 0.4) is 0 Å². The zero-order valence-corrected chi connectivity index (χ0v) is 9.46. The van der Waals surface area contributed by atoms with Crippen molar-refractivity contribution >= 4 is 5.82 Å². The van der Waals surface area contributed by atoms with E-state index in [0.29, 0.717) is 6.04 Å². The molecule has 1 aliphatic heterocycles. The Balaban J connectivity index is 2.40. The first-order valence-corrected chi connectivity index (χ1v) is 5.28. The fourth-order valence-corrected chi connectivity index (χ4v) is 2.15. The fraction of sp³-hybridized carbons (Fsp3) is 0.727. The zero-order valence-electron chi connectivity index (χ0n) is 9.46. The summed E-state index contributed by atoms with van der Waals surface area (Å²) in [6.07, 6.45) is 1.16. The number of nitrogens with zero attached hydrogens (tertiary/aromatic N) is 2. The van der Waals surface area contributed by atoms with Crippen molar-refractivity contribution in [1.82, 2.24) is 9.78 Å². The van der Waals surface area contributed by atoms with Gasteiger partial charge in [0.05, 0.1) is 11.7 Å². The molecule has 1 atom stereocenters. The molecule has 0 fully saturated rings. The molecule has 1 aliphatic rings. The standard InChI is InChI=1S/C11H19N3/c1-8-7-10-12-6-5-9(11(2,3)4)14(10)13-8/h7,9,12H,5-6H2,1-4H3. The van der Waals surface area contributed by atoms with Gasteiger partial charge in [0.15, 0.2) is 0 Å². The van der Waals surface area contributed by atoms with Crippen LogP contribution in [0.25, 0.3) is 0 Å². The second kappa shape index (κ2) is 3.01. The van der Waals surface area contributed by atoms with Crippen molar-refractivity contribution in [3.63, 3.8) is 0 Å². The molecule has 3 nitrogen and oxygen atoms in total. The lowest BCUT2D eigenvalue weighted by molar-refractivity contribution is 0.210. The van der Waals surface area contributed by atoms with Crippen molar-refractivity contribution in [2.75, 3.05) is 11.9 Å². The number of aryl methyl sites for hydroxylation is 1. The van der Waals surface area contributed by atoms with Crippen molar-refractivity contribution in [3.8, 4) is 0 Å². The van der Waals surface area contributed by atoms with Gasteiger partial charge in [-0.2, -0.15) is 5.10 Å². The molecule has 0 radical (unpaired) electrons. The Hall–Kier alpha value is -0.990. The third-order valence-corrected chi connectivity index (χ3v) is 2.88. The number of anilines is 1. The number of rotatable bonds is 0. The monoisotopic (exact) mass is 193 g/mol. The Bertz CT molecular complexity index is 333. The molecule has 14 heavy (non-hydrogen) atoms. The Morgan fingerprint density at radius 1 is 1.50 bits per heavy atom. The Labute approximate surface area is 85.5 Å². The molecule has 0 saturated heterocycles. The van der Waals surface area contributed by atoms with E-state index in [4.69, 9.17) is 0 Å². The van der Waals surface area contributed by atoms with E-state index in [1.165, 1.54) is 5.82 Å². The first-order chi connectivity index (χ1) is 6.48. The molecule has 1 aromatic rings. The van der Waals surface area contributed by atoms with E-state index in [0.717, 1.165) is 18.7 Å². The van der Waals surface area contributed by atoms with E-state index in [1.54, 1.807) is 0 Å². The number of nitrogens with one attached hydrogen (secondary N) is 1. The topological polar surface area (TPSA) is 29.9 Å². The molecule has 78 valence electrons. The highest BCUT2D eigenvalue weighted by Crippen LogP contribution is 2.37. The molecule has 0 amide bonds. The minimum absolute atomic E-state index is 0.287. The molecule has 2 rings (SSSR count). The largest absolute Gasteiger partial charge is 0.370 e. The fourth-order valence-electron chi connectivity index (χ4n) is 2.15. The first-order valence-electron chi connectivity index (χ1n) is 5.28. The van der Waals surface area contributed by atoms with Gasteiger partial charge in [-0.15, -0.1) is 0 Å². The van der Waals surface area contributed by atoms with Gasteiger partial charge in [0.1, 0.15) is 5.82 Å². The smallest absolute Gasteiger partial charge is 0.124 e. The number of hydrogen-bond donors (Lipinski definition) is 1. The van der Waals surface area contributed by atoms with Crippen molar-refractivity contribution in [2.45, 2.75) is 40.2 Å². The lowest BCUT2D eigenvalue weighted by Gasteiger charge is -2.35. The maximum absolute atomic E-state index is 4.55. The number of aromatic nitrogens is 2. The summed E-state index contributed by atoms with van der Waals surface area (Å²) in [6, 6.07) is 2.64. The lowest BCUT2D eigenvalue weighted by atomic mass is 9.84. The summed E-state index contributed by atoms with van der Waals surface area (Å²) < 4.78 is 2.15. The molecule has 1 N–H and O–H groups in total. The number of fused-ring (bicyclic) bond motifs is 1. The minimum Gasteiger partial charge on any atom is -0.370 e. The number of hydrogen-bond acceptors (Lipinski definition) is 2. The van der Waals surface area contributed by atoms with Crippen molar-refractivity contribution in [3.05, 3.63) is 11.8 Å². The van der Waals surface area contributed by atoms with Crippen molar-refractivity contribution in [2.24, 2.45) is 5.41 Å². The minimum atomic E-state index is 0.287. The van der Waals surface area contributed by atoms with Crippen LogP contribution in [0.4, 0.5) is 5.82 Å². The molecule has 0 bridgehead atoms. The SMILES string of the molecule is Cc1cc2n(n1)C(C(C)(C)C)CCN2. The van der Waals surface area contributed by atoms with E-state index < -0.39 is 0 Å². The molecule has 0 saturated carbocycles. The van der Waals surface area contributed by atoms with E-state index in [-0.39, 0.29) is 5.41 Å². The highest BCUT2D eigenvalue weighted by molar-refractivity contribution is 5.39. The van der Waals surface area contributed by atoms with Gasteiger partial charge in [-0.3, -0.25) is 0 Å². The molecule has 0 aromatic carbocycles. The summed E-state index contributed by atoms with van der Waals surface area (Å²) >= 11 is 0. The van der Waals surface area contributed by atoms with Crippen LogP contribution in [0.2, 0.25) is 0 Å². The molecule has 3 heteroatoms. The van der Waals surface area contributed by atoms with E-state index in [9.17, 15) is 0 Å². The molecule has 1 unspecified atom stereocenters. The van der Waals surface area contributed by atoms with Crippen molar-refractivity contribution < 1.29 is 0 Å². The summed E-state index contributed by atoms with van der Waals surface area (Å²) in [5.41, 5.74) is 1.39. The molecule has 2 heterocycles. The van der Waals surface area contributed by atoms with Gasteiger partial charge in [-0.1, -0.05) is 20.8 Å². The van der Waals surface area contributed by atoms with Crippen LogP contribution < -0.4 is 5.32 Å². The van der Waals surface area contributed by atoms with E-state index in [2.05, 4.69) is 41.9 Å². The van der Waals surface area contributed by atoms with Crippen LogP contribution in [-0.2, 0) is 0 Å². The van der Waals surface area contributed by atoms with Gasteiger partial charge < -0.3 is 5.32 Å². The zero-order chi connectivity index (χ0) is 10.3. The van der Waals surface area contributed by atoms with Gasteiger partial charge in [-0.25, -0.2) is 4.68 Å². The van der Waals surface area contributed by atoms with E-state index >= 15 is 0 Å². The normalized spacial score (nSPS) is 21.6. The molecular weight excluding hydrogens is 174 g/mol. The van der Waals surface area contributed by atoms with Gasteiger partial charge in [-0.05, 0) is 18.8 Å². The van der Waals surface area contributed by atoms with Crippen LogP contribution >= 0.6 is 0 Å². The quantitative estimate of drug-likeness (QED) is 0.686. The van der Waals surface area contributed by atoms with E-state index in [1.807, 2.05) is 6.92 Å². The Morgan fingerprint density at radius 3 is 2.86 bits per heavy atom. The summed E-state index contributed by atoms with van der Waals surface area (Å²) in [7, 11) is 0. The average Bonchev–Trinajstić information content (AvgIpc) is 2.41. The van der Waals surface area contributed by atoms with Crippen molar-refractivity contribution in [1.29, 1.82) is 0 Å². The summed E-state index contributed by atoms with van der Waals surface area (Å²) in [4.78, 5) is 0. The average molecular weight is 193 g/mol. The second-order valence-corrected chi connectivity index (χ2v) is 5.21. The van der Waals surface area contributed by atoms with Gasteiger partial charge in [0, 0.05) is 12.6 Å². The predicted octanol–water partition coefficient (Wildman–Crippen LogP) is 2.59. The summed E-state index contributed by atoms with van der Waals surface area (Å²) in [5, 5.41) is 7.94. The van der Waals surface area contributed by atoms with Crippen LogP contribution in [0, 0.1) is 12.3 Å². The second-order valence-electron chi connectivity index (χ2n) is 5.21. The van der Waals surface area contributed by atoms with Crippen LogP contribution in [-0.4, -0.2) is 16.3 Å². The van der Waals surface area contributed by atoms with Gasteiger partial charge >= 0.3 is 0 Å². The molecule has 1 aromatic heterocycles. The van der Waals surface area contributed by atoms with Gasteiger partial charge in [0.2, 0.25) is 0 Å². The maximum atomic E-state index is 4.55. The molecule has 0 aliphatic carbocycles. The Kier molecular flexibility index (Phi) is 2.05. The predicted molar refractivity (Wildman–Crippen MR) is 58.6 cm³/mol. The maximum Gasteiger partial charge on any atom is 0.124 e. The summed E-state index contributed by atoms with van der Waals surface area (Å²) in [5.74, 6) is 1.17. The highest BCUT2D eigenvalue weighted by atomic mass is 15.4. The Morgan fingerprint density at radius 2 is 2.21 bits per heavy atom. The van der Waals surface area contributed by atoms with Crippen LogP contribution in [0.5, 0.6) is 0 Å². The highest BCUT2D eigenvalue weighted by Gasteiger charge is 2.30. The molecule has 0 spiro atoms. The third-order valence-electron chi connectivity index (χ3n) is 2.88.